The topological polar surface area (TPSA) is 62.2 Å². The fraction of sp³-hybridized carbons (Fsp3) is 0.300. The van der Waals surface area contributed by atoms with Crippen molar-refractivity contribution in [1.82, 2.24) is 15.0 Å². The van der Waals surface area contributed by atoms with Crippen LogP contribution >= 0.6 is 27.3 Å². The lowest BCUT2D eigenvalue weighted by molar-refractivity contribution is 0.0984. The molecular formula is C20H17BrFN5OS. The molecule has 1 fully saturated rings. The third-order valence-corrected chi connectivity index (χ3v) is 6.73. The fourth-order valence-electron chi connectivity index (χ4n) is 3.67. The summed E-state index contributed by atoms with van der Waals surface area (Å²) in [4.78, 5) is 30.7. The van der Waals surface area contributed by atoms with Crippen LogP contribution in [0.3, 0.4) is 0 Å². The molecule has 0 aromatic carbocycles. The number of carbonyl (C=O) groups is 1. The van der Waals surface area contributed by atoms with E-state index in [2.05, 4.69) is 30.9 Å². The summed E-state index contributed by atoms with van der Waals surface area (Å²) < 4.78 is 14.3. The Labute approximate surface area is 179 Å². The van der Waals surface area contributed by atoms with Gasteiger partial charge < -0.3 is 9.80 Å². The number of aromatic nitrogens is 3. The maximum atomic E-state index is 13.4. The van der Waals surface area contributed by atoms with E-state index in [0.717, 1.165) is 32.2 Å². The van der Waals surface area contributed by atoms with Gasteiger partial charge in [-0.1, -0.05) is 0 Å². The number of hydrogen-bond acceptors (Lipinski definition) is 6. The van der Waals surface area contributed by atoms with Crippen LogP contribution in [-0.4, -0.2) is 46.7 Å². The molecule has 148 valence electrons. The standard InChI is InChI=1S/C20H17BrFN5OS/c21-13-7-15(10-23-9-13)27-6-4-16-18(20(27)28)29-19(25-16)12-1-2-17(24-8-12)26-5-3-14(22)11-26/h1-2,7-10,14H,3-6,11H2/t14-/m1/s1. The van der Waals surface area contributed by atoms with Gasteiger partial charge in [-0.05, 0) is 40.5 Å². The number of pyridine rings is 2. The van der Waals surface area contributed by atoms with Gasteiger partial charge in [-0.15, -0.1) is 11.3 Å². The molecule has 2 aliphatic heterocycles. The van der Waals surface area contributed by atoms with Crippen molar-refractivity contribution in [2.75, 3.05) is 29.4 Å². The summed E-state index contributed by atoms with van der Waals surface area (Å²) in [6.07, 6.45) is 5.61. The van der Waals surface area contributed by atoms with E-state index in [9.17, 15) is 9.18 Å². The predicted octanol–water partition coefficient (Wildman–Crippen LogP) is 4.11. The lowest BCUT2D eigenvalue weighted by Crippen LogP contribution is -2.37. The minimum atomic E-state index is -0.781. The van der Waals surface area contributed by atoms with Gasteiger partial charge in [-0.3, -0.25) is 9.78 Å². The zero-order chi connectivity index (χ0) is 20.0. The van der Waals surface area contributed by atoms with E-state index >= 15 is 0 Å². The van der Waals surface area contributed by atoms with Crippen molar-refractivity contribution in [3.63, 3.8) is 0 Å². The van der Waals surface area contributed by atoms with Crippen molar-refractivity contribution >= 4 is 44.7 Å². The second kappa shape index (κ2) is 7.46. The van der Waals surface area contributed by atoms with E-state index in [-0.39, 0.29) is 5.91 Å². The van der Waals surface area contributed by atoms with Gasteiger partial charge in [0.25, 0.3) is 5.91 Å². The van der Waals surface area contributed by atoms with Crippen LogP contribution in [0.5, 0.6) is 0 Å². The molecule has 0 aliphatic carbocycles. The lowest BCUT2D eigenvalue weighted by Gasteiger charge is -2.25. The summed E-state index contributed by atoms with van der Waals surface area (Å²) >= 11 is 4.80. The molecule has 0 N–H and O–H groups in total. The normalized spacial score (nSPS) is 19.0. The first kappa shape index (κ1) is 18.6. The van der Waals surface area contributed by atoms with Crippen LogP contribution in [0.2, 0.25) is 0 Å². The zero-order valence-electron chi connectivity index (χ0n) is 15.4. The third kappa shape index (κ3) is 3.53. The molecule has 5 heterocycles. The van der Waals surface area contributed by atoms with E-state index in [4.69, 9.17) is 0 Å². The molecule has 9 heteroatoms. The Kier molecular flexibility index (Phi) is 4.79. The smallest absolute Gasteiger partial charge is 0.270 e. The summed E-state index contributed by atoms with van der Waals surface area (Å²) in [5.74, 6) is 0.727. The maximum Gasteiger partial charge on any atom is 0.270 e. The van der Waals surface area contributed by atoms with Crippen molar-refractivity contribution in [3.8, 4) is 10.6 Å². The van der Waals surface area contributed by atoms with Crippen LogP contribution in [-0.2, 0) is 6.42 Å². The second-order valence-electron chi connectivity index (χ2n) is 7.10. The van der Waals surface area contributed by atoms with Crippen LogP contribution < -0.4 is 9.80 Å². The van der Waals surface area contributed by atoms with E-state index in [1.165, 1.54) is 11.3 Å². The largest absolute Gasteiger partial charge is 0.354 e. The average Bonchev–Trinajstić information content (AvgIpc) is 3.35. The number of fused-ring (bicyclic) bond motifs is 1. The molecule has 0 spiro atoms. The molecule has 1 amide bonds. The number of alkyl halides is 1. The number of carbonyl (C=O) groups excluding carboxylic acids is 1. The van der Waals surface area contributed by atoms with Crippen LogP contribution in [0.1, 0.15) is 21.8 Å². The van der Waals surface area contributed by atoms with E-state index in [1.807, 2.05) is 23.1 Å². The highest BCUT2D eigenvalue weighted by Gasteiger charge is 2.30. The number of rotatable bonds is 3. The van der Waals surface area contributed by atoms with Crippen LogP contribution in [0.15, 0.2) is 41.3 Å². The highest BCUT2D eigenvalue weighted by molar-refractivity contribution is 9.10. The fourth-order valence-corrected chi connectivity index (χ4v) is 5.08. The molecule has 0 bridgehead atoms. The highest BCUT2D eigenvalue weighted by Crippen LogP contribution is 2.34. The number of anilines is 2. The number of halogens is 2. The van der Waals surface area contributed by atoms with Crippen molar-refractivity contribution in [1.29, 1.82) is 0 Å². The Hall–Kier alpha value is -2.39. The Morgan fingerprint density at radius 1 is 1.21 bits per heavy atom. The first-order valence-electron chi connectivity index (χ1n) is 9.36. The molecule has 5 rings (SSSR count). The van der Waals surface area contributed by atoms with Gasteiger partial charge >= 0.3 is 0 Å². The number of hydrogen-bond donors (Lipinski definition) is 0. The number of nitrogens with zero attached hydrogens (tertiary/aromatic N) is 5. The zero-order valence-corrected chi connectivity index (χ0v) is 17.8. The molecule has 0 unspecified atom stereocenters. The SMILES string of the molecule is O=C1c2sc(-c3ccc(N4CC[C@@H](F)C4)nc3)nc2CCN1c1cncc(Br)c1. The molecule has 0 radical (unpaired) electrons. The molecule has 3 aromatic rings. The second-order valence-corrected chi connectivity index (χ2v) is 9.01. The lowest BCUT2D eigenvalue weighted by atomic mass is 10.1. The monoisotopic (exact) mass is 473 g/mol. The van der Waals surface area contributed by atoms with Gasteiger partial charge in [0.2, 0.25) is 0 Å². The van der Waals surface area contributed by atoms with Gasteiger partial charge in [0, 0.05) is 41.9 Å². The van der Waals surface area contributed by atoms with E-state index in [1.54, 1.807) is 23.5 Å². The van der Waals surface area contributed by atoms with Crippen LogP contribution in [0.4, 0.5) is 15.9 Å². The minimum absolute atomic E-state index is 0.0504. The van der Waals surface area contributed by atoms with Crippen molar-refractivity contribution in [2.24, 2.45) is 0 Å². The number of amides is 1. The van der Waals surface area contributed by atoms with E-state index in [0.29, 0.717) is 37.4 Å². The molecular weight excluding hydrogens is 457 g/mol. The van der Waals surface area contributed by atoms with E-state index < -0.39 is 6.17 Å². The van der Waals surface area contributed by atoms with Crippen molar-refractivity contribution in [2.45, 2.75) is 19.0 Å². The molecule has 29 heavy (non-hydrogen) atoms. The molecule has 1 atom stereocenters. The maximum absolute atomic E-state index is 13.4. The Morgan fingerprint density at radius 3 is 2.83 bits per heavy atom. The summed E-state index contributed by atoms with van der Waals surface area (Å²) in [5, 5.41) is 0.779. The molecule has 6 nitrogen and oxygen atoms in total. The number of thiazole rings is 1. The summed E-state index contributed by atoms with van der Waals surface area (Å²) in [5.41, 5.74) is 2.47. The molecule has 3 aromatic heterocycles. The molecule has 2 aliphatic rings. The highest BCUT2D eigenvalue weighted by atomic mass is 79.9. The van der Waals surface area contributed by atoms with Crippen LogP contribution in [0.25, 0.3) is 10.6 Å². The predicted molar refractivity (Wildman–Crippen MR) is 114 cm³/mol. The van der Waals surface area contributed by atoms with Gasteiger partial charge in [-0.25, -0.2) is 14.4 Å². The molecule has 1 saturated heterocycles. The first-order chi connectivity index (χ1) is 14.1. The quantitative estimate of drug-likeness (QED) is 0.572. The summed E-state index contributed by atoms with van der Waals surface area (Å²) in [6.45, 7) is 1.66. The van der Waals surface area contributed by atoms with Crippen molar-refractivity contribution < 1.29 is 9.18 Å². The Morgan fingerprint density at radius 2 is 2.10 bits per heavy atom. The van der Waals surface area contributed by atoms with Gasteiger partial charge in [0.05, 0.1) is 24.1 Å². The Balaban J connectivity index is 1.39. The van der Waals surface area contributed by atoms with Gasteiger partial charge in [-0.2, -0.15) is 0 Å². The summed E-state index contributed by atoms with van der Waals surface area (Å²) in [7, 11) is 0. The van der Waals surface area contributed by atoms with Gasteiger partial charge in [0.1, 0.15) is 21.9 Å². The van der Waals surface area contributed by atoms with Crippen molar-refractivity contribution in [3.05, 3.63) is 51.8 Å². The summed E-state index contributed by atoms with van der Waals surface area (Å²) in [6, 6.07) is 5.73. The minimum Gasteiger partial charge on any atom is -0.354 e. The first-order valence-corrected chi connectivity index (χ1v) is 11.0. The molecule has 0 saturated carbocycles. The van der Waals surface area contributed by atoms with Crippen LogP contribution in [0, 0.1) is 0 Å². The Bertz CT molecular complexity index is 1070. The van der Waals surface area contributed by atoms with Gasteiger partial charge in [0.15, 0.2) is 0 Å². The average molecular weight is 474 g/mol. The third-order valence-electron chi connectivity index (χ3n) is 5.16.